The molecule has 1 fully saturated rings. The number of piperidine rings is 1. The average molecular weight is 401 g/mol. The summed E-state index contributed by atoms with van der Waals surface area (Å²) in [6.07, 6.45) is 5.79. The minimum absolute atomic E-state index is 0.0733. The van der Waals surface area contributed by atoms with Crippen LogP contribution in [0, 0.1) is 13.8 Å². The summed E-state index contributed by atoms with van der Waals surface area (Å²) in [4.78, 5) is 16.8. The molecule has 0 saturated carbocycles. The van der Waals surface area contributed by atoms with Crippen LogP contribution in [0.25, 0.3) is 6.08 Å². The second kappa shape index (κ2) is 8.93. The van der Waals surface area contributed by atoms with Gasteiger partial charge in [-0.25, -0.2) is 0 Å². The van der Waals surface area contributed by atoms with E-state index in [9.17, 15) is 4.79 Å². The average Bonchev–Trinajstić information content (AvgIpc) is 2.94. The zero-order chi connectivity index (χ0) is 20.3. The van der Waals surface area contributed by atoms with E-state index in [1.54, 1.807) is 6.08 Å². The highest BCUT2D eigenvalue weighted by Gasteiger charge is 2.23. The number of carbonyl (C=O) groups is 1. The van der Waals surface area contributed by atoms with Crippen LogP contribution in [0.1, 0.15) is 35.4 Å². The second-order valence-electron chi connectivity index (χ2n) is 7.71. The maximum Gasteiger partial charge on any atom is 0.246 e. The molecule has 2 heterocycles. The molecule has 3 rings (SSSR count). The summed E-state index contributed by atoms with van der Waals surface area (Å²) in [5, 5.41) is 5.39. The molecule has 0 radical (unpaired) electrons. The molecule has 0 spiro atoms. The van der Waals surface area contributed by atoms with E-state index in [-0.39, 0.29) is 5.91 Å². The van der Waals surface area contributed by atoms with Crippen molar-refractivity contribution in [3.05, 3.63) is 57.9 Å². The van der Waals surface area contributed by atoms with Crippen LogP contribution in [-0.2, 0) is 11.3 Å². The van der Waals surface area contributed by atoms with Crippen LogP contribution in [0.5, 0.6) is 0 Å². The number of aromatic nitrogens is 2. The summed E-state index contributed by atoms with van der Waals surface area (Å²) in [6, 6.07) is 8.24. The molecule has 1 aromatic heterocycles. The lowest BCUT2D eigenvalue weighted by Crippen LogP contribution is -2.47. The van der Waals surface area contributed by atoms with Gasteiger partial charge in [0.05, 0.1) is 12.2 Å². The van der Waals surface area contributed by atoms with Gasteiger partial charge in [0, 0.05) is 41.5 Å². The van der Waals surface area contributed by atoms with E-state index >= 15 is 0 Å². The molecule has 1 aromatic carbocycles. The molecule has 0 bridgehead atoms. The van der Waals surface area contributed by atoms with Crippen LogP contribution in [0.3, 0.4) is 0 Å². The standard InChI is InChI=1S/C22H29ClN4O/c1-16-20(11-12-22(28)26-13-7-9-19(15-26)25(3)4)17(2)27(24-16)14-18-8-5-6-10-21(18)23/h5-6,8,10-12,19H,7,9,13-15H2,1-4H3/b12-11+. The van der Waals surface area contributed by atoms with Crippen LogP contribution in [0.4, 0.5) is 0 Å². The molecule has 1 aliphatic rings. The lowest BCUT2D eigenvalue weighted by Gasteiger charge is -2.35. The first kappa shape index (κ1) is 20.6. The van der Waals surface area contributed by atoms with Gasteiger partial charge in [0.2, 0.25) is 5.91 Å². The van der Waals surface area contributed by atoms with Crippen LogP contribution < -0.4 is 0 Å². The van der Waals surface area contributed by atoms with Crippen LogP contribution in [0.2, 0.25) is 5.02 Å². The number of likely N-dealkylation sites (N-methyl/N-ethyl adjacent to an activating group) is 1. The van der Waals surface area contributed by atoms with Crippen molar-refractivity contribution in [1.29, 1.82) is 0 Å². The predicted molar refractivity (Wildman–Crippen MR) is 115 cm³/mol. The molecule has 6 heteroatoms. The fraction of sp³-hybridized carbons (Fsp3) is 0.455. The Morgan fingerprint density at radius 1 is 1.32 bits per heavy atom. The van der Waals surface area contributed by atoms with Crippen molar-refractivity contribution >= 4 is 23.6 Å². The minimum atomic E-state index is 0.0733. The lowest BCUT2D eigenvalue weighted by atomic mass is 10.0. The Kier molecular flexibility index (Phi) is 6.57. The summed E-state index contributed by atoms with van der Waals surface area (Å²) in [7, 11) is 4.16. The first-order valence-corrected chi connectivity index (χ1v) is 10.2. The highest BCUT2D eigenvalue weighted by Crippen LogP contribution is 2.21. The summed E-state index contributed by atoms with van der Waals surface area (Å²) >= 11 is 6.29. The number of rotatable bonds is 5. The quantitative estimate of drug-likeness (QED) is 0.717. The fourth-order valence-corrected chi connectivity index (χ4v) is 3.93. The molecule has 2 aromatic rings. The molecule has 28 heavy (non-hydrogen) atoms. The molecule has 0 N–H and O–H groups in total. The van der Waals surface area contributed by atoms with E-state index in [1.807, 2.05) is 53.8 Å². The Labute approximate surface area is 172 Å². The number of hydrogen-bond donors (Lipinski definition) is 0. The largest absolute Gasteiger partial charge is 0.338 e. The van der Waals surface area contributed by atoms with Crippen LogP contribution >= 0.6 is 11.6 Å². The molecule has 1 unspecified atom stereocenters. The van der Waals surface area contributed by atoms with Crippen LogP contribution in [-0.4, -0.2) is 58.7 Å². The normalized spacial score (nSPS) is 17.6. The van der Waals surface area contributed by atoms with Gasteiger partial charge in [-0.15, -0.1) is 0 Å². The van der Waals surface area contributed by atoms with Gasteiger partial charge in [-0.1, -0.05) is 29.8 Å². The van der Waals surface area contributed by atoms with Crippen LogP contribution in [0.15, 0.2) is 30.3 Å². The molecule has 0 aliphatic carbocycles. The van der Waals surface area contributed by atoms with E-state index < -0.39 is 0 Å². The van der Waals surface area contributed by atoms with Gasteiger partial charge in [0.25, 0.3) is 0 Å². The van der Waals surface area contributed by atoms with Gasteiger partial charge in [-0.05, 0) is 58.5 Å². The number of nitrogens with zero attached hydrogens (tertiary/aromatic N) is 4. The molecule has 150 valence electrons. The highest BCUT2D eigenvalue weighted by molar-refractivity contribution is 6.31. The Bertz CT molecular complexity index is 871. The SMILES string of the molecule is Cc1nn(Cc2ccccc2Cl)c(C)c1/C=C/C(=O)N1CCCC(N(C)C)C1. The predicted octanol–water partition coefficient (Wildman–Crippen LogP) is 3.77. The van der Waals surface area contributed by atoms with E-state index in [0.717, 1.165) is 53.5 Å². The van der Waals surface area contributed by atoms with Crippen molar-refractivity contribution in [2.24, 2.45) is 0 Å². The number of carbonyl (C=O) groups excluding carboxylic acids is 1. The van der Waals surface area contributed by atoms with Crippen molar-refractivity contribution in [3.8, 4) is 0 Å². The number of aryl methyl sites for hydroxylation is 1. The molecule has 1 amide bonds. The Morgan fingerprint density at radius 3 is 2.79 bits per heavy atom. The Hall–Kier alpha value is -2.11. The zero-order valence-corrected chi connectivity index (χ0v) is 17.9. The number of amides is 1. The van der Waals surface area contributed by atoms with Gasteiger partial charge in [-0.3, -0.25) is 9.48 Å². The first-order valence-electron chi connectivity index (χ1n) is 9.77. The van der Waals surface area contributed by atoms with E-state index in [0.29, 0.717) is 12.6 Å². The second-order valence-corrected chi connectivity index (χ2v) is 8.12. The van der Waals surface area contributed by atoms with E-state index in [4.69, 9.17) is 11.6 Å². The first-order chi connectivity index (χ1) is 13.4. The maximum absolute atomic E-state index is 12.7. The molecule has 1 atom stereocenters. The van der Waals surface area contributed by atoms with Crippen molar-refractivity contribution < 1.29 is 4.79 Å². The highest BCUT2D eigenvalue weighted by atomic mass is 35.5. The lowest BCUT2D eigenvalue weighted by molar-refractivity contribution is -0.127. The maximum atomic E-state index is 12.7. The number of halogens is 1. The Morgan fingerprint density at radius 2 is 2.07 bits per heavy atom. The molecular weight excluding hydrogens is 372 g/mol. The summed E-state index contributed by atoms with van der Waals surface area (Å²) in [5.41, 5.74) is 3.98. The van der Waals surface area contributed by atoms with Crippen molar-refractivity contribution in [2.45, 2.75) is 39.3 Å². The van der Waals surface area contributed by atoms with Crippen molar-refractivity contribution in [1.82, 2.24) is 19.6 Å². The van der Waals surface area contributed by atoms with Crippen molar-refractivity contribution in [3.63, 3.8) is 0 Å². The van der Waals surface area contributed by atoms with Gasteiger partial charge in [-0.2, -0.15) is 5.10 Å². The number of hydrogen-bond acceptors (Lipinski definition) is 3. The van der Waals surface area contributed by atoms with E-state index in [2.05, 4.69) is 24.1 Å². The summed E-state index contributed by atoms with van der Waals surface area (Å²) in [6.45, 7) is 6.25. The smallest absolute Gasteiger partial charge is 0.246 e. The molecule has 5 nitrogen and oxygen atoms in total. The molecule has 1 aliphatic heterocycles. The summed E-state index contributed by atoms with van der Waals surface area (Å²) in [5.74, 6) is 0.0733. The molecular formula is C22H29ClN4O. The molecule has 1 saturated heterocycles. The number of likely N-dealkylation sites (tertiary alicyclic amines) is 1. The van der Waals surface area contributed by atoms with Gasteiger partial charge in [0.1, 0.15) is 0 Å². The van der Waals surface area contributed by atoms with Crippen molar-refractivity contribution in [2.75, 3.05) is 27.2 Å². The minimum Gasteiger partial charge on any atom is -0.338 e. The number of benzene rings is 1. The van der Waals surface area contributed by atoms with Gasteiger partial charge < -0.3 is 9.80 Å². The van der Waals surface area contributed by atoms with Gasteiger partial charge >= 0.3 is 0 Å². The van der Waals surface area contributed by atoms with E-state index in [1.165, 1.54) is 0 Å². The third kappa shape index (κ3) is 4.65. The zero-order valence-electron chi connectivity index (χ0n) is 17.2. The summed E-state index contributed by atoms with van der Waals surface area (Å²) < 4.78 is 1.95. The topological polar surface area (TPSA) is 41.4 Å². The third-order valence-corrected chi connectivity index (χ3v) is 5.92. The fourth-order valence-electron chi connectivity index (χ4n) is 3.73. The Balaban J connectivity index is 1.73. The van der Waals surface area contributed by atoms with Gasteiger partial charge in [0.15, 0.2) is 0 Å². The third-order valence-electron chi connectivity index (χ3n) is 5.55. The monoisotopic (exact) mass is 400 g/mol.